The summed E-state index contributed by atoms with van der Waals surface area (Å²) in [4.78, 5) is 6.21. The van der Waals surface area contributed by atoms with Gasteiger partial charge in [0.05, 0.1) is 5.69 Å². The highest BCUT2D eigenvalue weighted by Crippen LogP contribution is 2.29. The van der Waals surface area contributed by atoms with Crippen molar-refractivity contribution in [3.8, 4) is 22.6 Å². The first-order chi connectivity index (χ1) is 15.0. The standard InChI is InChI=1S/C23H23N7O/c1-15-21(16(2)29(4)27-15)18-6-8-19(9-7-18)22-25-26-23(31-22)28(3)13-17-5-10-20-24-11-12-30(20)14-17/h5-12,14H,13H2,1-4H3. The van der Waals surface area contributed by atoms with Gasteiger partial charge in [-0.1, -0.05) is 23.3 Å². The van der Waals surface area contributed by atoms with Crippen molar-refractivity contribution in [2.24, 2.45) is 7.05 Å². The van der Waals surface area contributed by atoms with Crippen LogP contribution >= 0.6 is 0 Å². The van der Waals surface area contributed by atoms with Crippen LogP contribution in [0.5, 0.6) is 0 Å². The van der Waals surface area contributed by atoms with Crippen LogP contribution in [0.15, 0.2) is 59.4 Å². The molecule has 0 amide bonds. The van der Waals surface area contributed by atoms with Gasteiger partial charge in [-0.15, -0.1) is 5.10 Å². The molecule has 0 spiro atoms. The van der Waals surface area contributed by atoms with E-state index in [2.05, 4.69) is 51.6 Å². The van der Waals surface area contributed by atoms with Crippen molar-refractivity contribution in [3.05, 3.63) is 71.9 Å². The first kappa shape index (κ1) is 19.0. The molecule has 0 radical (unpaired) electrons. The number of rotatable bonds is 5. The number of hydrogen-bond donors (Lipinski definition) is 0. The van der Waals surface area contributed by atoms with Crippen molar-refractivity contribution in [1.82, 2.24) is 29.4 Å². The van der Waals surface area contributed by atoms with E-state index in [9.17, 15) is 0 Å². The Hall–Kier alpha value is -3.94. The molecule has 0 atom stereocenters. The Labute approximate surface area is 179 Å². The summed E-state index contributed by atoms with van der Waals surface area (Å²) in [5.41, 5.74) is 7.37. The molecule has 156 valence electrons. The SMILES string of the molecule is Cc1nn(C)c(C)c1-c1ccc(-c2nnc(N(C)Cc3ccc4nccn4c3)o2)cc1. The second-order valence-electron chi connectivity index (χ2n) is 7.72. The zero-order valence-corrected chi connectivity index (χ0v) is 17.9. The Morgan fingerprint density at radius 3 is 2.52 bits per heavy atom. The third-order valence-electron chi connectivity index (χ3n) is 5.54. The van der Waals surface area contributed by atoms with E-state index >= 15 is 0 Å². The number of aryl methyl sites for hydroxylation is 2. The average molecular weight is 413 g/mol. The van der Waals surface area contributed by atoms with Gasteiger partial charge in [0.25, 0.3) is 0 Å². The molecule has 0 saturated carbocycles. The lowest BCUT2D eigenvalue weighted by molar-refractivity contribution is 0.554. The third-order valence-corrected chi connectivity index (χ3v) is 5.54. The number of aromatic nitrogens is 6. The molecule has 8 heteroatoms. The van der Waals surface area contributed by atoms with Crippen LogP contribution in [0.1, 0.15) is 17.0 Å². The van der Waals surface area contributed by atoms with Crippen molar-refractivity contribution in [2.45, 2.75) is 20.4 Å². The number of fused-ring (bicyclic) bond motifs is 1. The molecular weight excluding hydrogens is 390 g/mol. The quantitative estimate of drug-likeness (QED) is 0.433. The topological polar surface area (TPSA) is 77.3 Å². The van der Waals surface area contributed by atoms with Gasteiger partial charge in [-0.25, -0.2) is 4.98 Å². The maximum Gasteiger partial charge on any atom is 0.318 e. The molecule has 4 aromatic heterocycles. The maximum absolute atomic E-state index is 5.94. The molecule has 0 aliphatic carbocycles. The Morgan fingerprint density at radius 2 is 1.77 bits per heavy atom. The normalized spacial score (nSPS) is 11.4. The highest BCUT2D eigenvalue weighted by molar-refractivity contribution is 5.71. The first-order valence-electron chi connectivity index (χ1n) is 10.1. The van der Waals surface area contributed by atoms with Crippen molar-refractivity contribution in [3.63, 3.8) is 0 Å². The van der Waals surface area contributed by atoms with Gasteiger partial charge in [0.2, 0.25) is 5.89 Å². The molecule has 0 bridgehead atoms. The molecular formula is C23H23N7O. The Balaban J connectivity index is 1.34. The summed E-state index contributed by atoms with van der Waals surface area (Å²) in [5, 5.41) is 13.0. The van der Waals surface area contributed by atoms with Gasteiger partial charge in [-0.2, -0.15) is 5.10 Å². The number of imidazole rings is 1. The van der Waals surface area contributed by atoms with Crippen LogP contribution in [-0.2, 0) is 13.6 Å². The summed E-state index contributed by atoms with van der Waals surface area (Å²) in [6, 6.07) is 12.7. The van der Waals surface area contributed by atoms with Gasteiger partial charge in [0.1, 0.15) is 5.65 Å². The van der Waals surface area contributed by atoms with Gasteiger partial charge < -0.3 is 13.7 Å². The zero-order chi connectivity index (χ0) is 21.5. The van der Waals surface area contributed by atoms with E-state index in [-0.39, 0.29) is 0 Å². The second-order valence-corrected chi connectivity index (χ2v) is 7.72. The van der Waals surface area contributed by atoms with Crippen LogP contribution in [-0.4, -0.2) is 36.4 Å². The lowest BCUT2D eigenvalue weighted by Crippen LogP contribution is -2.17. The molecule has 8 nitrogen and oxygen atoms in total. The van der Waals surface area contributed by atoms with Gasteiger partial charge in [-0.3, -0.25) is 4.68 Å². The summed E-state index contributed by atoms with van der Waals surface area (Å²) in [6.07, 6.45) is 5.77. The number of pyridine rings is 1. The Bertz CT molecular complexity index is 1360. The minimum atomic E-state index is 0.476. The maximum atomic E-state index is 5.94. The van der Waals surface area contributed by atoms with Gasteiger partial charge in [0.15, 0.2) is 0 Å². The number of benzene rings is 1. The molecule has 5 rings (SSSR count). The van der Waals surface area contributed by atoms with Crippen LogP contribution in [0.4, 0.5) is 6.01 Å². The number of nitrogens with zero attached hydrogens (tertiary/aromatic N) is 7. The van der Waals surface area contributed by atoms with Crippen molar-refractivity contribution in [1.29, 1.82) is 0 Å². The number of anilines is 1. The predicted molar refractivity (Wildman–Crippen MR) is 119 cm³/mol. The van der Waals surface area contributed by atoms with Crippen LogP contribution in [0.2, 0.25) is 0 Å². The molecule has 0 aliphatic heterocycles. The third kappa shape index (κ3) is 3.46. The summed E-state index contributed by atoms with van der Waals surface area (Å²) in [6.45, 7) is 4.75. The van der Waals surface area contributed by atoms with Crippen LogP contribution in [0.3, 0.4) is 0 Å². The van der Waals surface area contributed by atoms with E-state index in [4.69, 9.17) is 4.42 Å². The smallest absolute Gasteiger partial charge is 0.318 e. The van der Waals surface area contributed by atoms with E-state index in [1.165, 1.54) is 0 Å². The summed E-state index contributed by atoms with van der Waals surface area (Å²) in [7, 11) is 3.90. The lowest BCUT2D eigenvalue weighted by Gasteiger charge is -2.13. The van der Waals surface area contributed by atoms with Crippen LogP contribution < -0.4 is 4.90 Å². The summed E-state index contributed by atoms with van der Waals surface area (Å²) >= 11 is 0. The van der Waals surface area contributed by atoms with Crippen LogP contribution in [0, 0.1) is 13.8 Å². The highest BCUT2D eigenvalue weighted by atomic mass is 16.4. The average Bonchev–Trinajstić information content (AvgIpc) is 3.48. The Morgan fingerprint density at radius 1 is 1.00 bits per heavy atom. The molecule has 4 heterocycles. The fraction of sp³-hybridized carbons (Fsp3) is 0.217. The summed E-state index contributed by atoms with van der Waals surface area (Å²) in [5.74, 6) is 0.498. The lowest BCUT2D eigenvalue weighted by atomic mass is 10.0. The van der Waals surface area contributed by atoms with Gasteiger partial charge >= 0.3 is 6.01 Å². The molecule has 31 heavy (non-hydrogen) atoms. The fourth-order valence-electron chi connectivity index (χ4n) is 3.86. The monoisotopic (exact) mass is 413 g/mol. The van der Waals surface area contributed by atoms with Crippen LogP contribution in [0.25, 0.3) is 28.2 Å². The van der Waals surface area contributed by atoms with E-state index in [0.717, 1.165) is 39.3 Å². The molecule has 0 N–H and O–H groups in total. The van der Waals surface area contributed by atoms with Crippen molar-refractivity contribution in [2.75, 3.05) is 11.9 Å². The molecule has 0 fully saturated rings. The molecule has 0 unspecified atom stereocenters. The largest absolute Gasteiger partial charge is 0.403 e. The van der Waals surface area contributed by atoms with Gasteiger partial charge in [-0.05, 0) is 43.2 Å². The first-order valence-corrected chi connectivity index (χ1v) is 10.1. The molecule has 1 aromatic carbocycles. The number of hydrogen-bond acceptors (Lipinski definition) is 6. The summed E-state index contributed by atoms with van der Waals surface area (Å²) < 4.78 is 9.84. The van der Waals surface area contributed by atoms with E-state index in [0.29, 0.717) is 18.5 Å². The fourth-order valence-corrected chi connectivity index (χ4v) is 3.86. The minimum absolute atomic E-state index is 0.476. The van der Waals surface area contributed by atoms with Gasteiger partial charge in [0, 0.05) is 56.1 Å². The zero-order valence-electron chi connectivity index (χ0n) is 17.9. The van der Waals surface area contributed by atoms with E-state index in [1.807, 2.05) is 59.4 Å². The van der Waals surface area contributed by atoms with Crippen molar-refractivity contribution >= 4 is 11.7 Å². The van der Waals surface area contributed by atoms with E-state index < -0.39 is 0 Å². The second kappa shape index (κ2) is 7.39. The molecule has 0 aliphatic rings. The van der Waals surface area contributed by atoms with Crippen molar-refractivity contribution < 1.29 is 4.42 Å². The minimum Gasteiger partial charge on any atom is -0.403 e. The molecule has 5 aromatic rings. The predicted octanol–water partition coefficient (Wildman–Crippen LogP) is 4.04. The van der Waals surface area contributed by atoms with E-state index in [1.54, 1.807) is 6.20 Å². The molecule has 0 saturated heterocycles. The Kier molecular flexibility index (Phi) is 4.54. The highest BCUT2D eigenvalue weighted by Gasteiger charge is 2.15.